The van der Waals surface area contributed by atoms with Gasteiger partial charge in [-0.3, -0.25) is 14.8 Å². The lowest BCUT2D eigenvalue weighted by atomic mass is 9.84. The Labute approximate surface area is 164 Å². The number of halogens is 1. The molecule has 5 rings (SSSR count). The van der Waals surface area contributed by atoms with Crippen molar-refractivity contribution in [2.75, 3.05) is 0 Å². The van der Waals surface area contributed by atoms with E-state index in [-0.39, 0.29) is 22.8 Å². The summed E-state index contributed by atoms with van der Waals surface area (Å²) in [6, 6.07) is 14.2. The molecule has 28 heavy (non-hydrogen) atoms. The molecular formula is C20H11BrN2O5. The molecule has 1 aliphatic heterocycles. The summed E-state index contributed by atoms with van der Waals surface area (Å²) >= 11 is 3.38. The van der Waals surface area contributed by atoms with Crippen molar-refractivity contribution in [3.05, 3.63) is 101 Å². The van der Waals surface area contributed by atoms with Crippen molar-refractivity contribution < 1.29 is 9.15 Å². The lowest BCUT2D eigenvalue weighted by Gasteiger charge is -2.26. The summed E-state index contributed by atoms with van der Waals surface area (Å²) in [6.07, 6.45) is 0. The third kappa shape index (κ3) is 2.45. The Morgan fingerprint density at radius 2 is 1.64 bits per heavy atom. The first-order valence-corrected chi connectivity index (χ1v) is 9.18. The van der Waals surface area contributed by atoms with Gasteiger partial charge in [-0.05, 0) is 29.8 Å². The Morgan fingerprint density at radius 3 is 2.43 bits per heavy atom. The predicted octanol–water partition coefficient (Wildman–Crippen LogP) is 3.22. The van der Waals surface area contributed by atoms with Crippen LogP contribution in [0.25, 0.3) is 11.0 Å². The molecule has 0 saturated heterocycles. The lowest BCUT2D eigenvalue weighted by molar-refractivity contribution is 0.418. The number of rotatable bonds is 1. The van der Waals surface area contributed by atoms with Crippen molar-refractivity contribution in [1.82, 2.24) is 9.97 Å². The van der Waals surface area contributed by atoms with Gasteiger partial charge in [0.15, 0.2) is 5.75 Å². The van der Waals surface area contributed by atoms with E-state index in [0.717, 1.165) is 4.47 Å². The second kappa shape index (κ2) is 6.07. The highest BCUT2D eigenvalue weighted by atomic mass is 79.9. The van der Waals surface area contributed by atoms with Crippen molar-refractivity contribution in [3.8, 4) is 11.6 Å². The molecule has 2 N–H and O–H groups in total. The summed E-state index contributed by atoms with van der Waals surface area (Å²) in [4.78, 5) is 42.1. The maximum Gasteiger partial charge on any atom is 0.344 e. The quantitative estimate of drug-likeness (QED) is 0.391. The van der Waals surface area contributed by atoms with Crippen molar-refractivity contribution in [3.63, 3.8) is 0 Å². The number of hydrogen-bond acceptors (Lipinski definition) is 5. The fourth-order valence-electron chi connectivity index (χ4n) is 3.55. The van der Waals surface area contributed by atoms with E-state index in [1.807, 2.05) is 12.1 Å². The molecule has 2 aromatic heterocycles. The van der Waals surface area contributed by atoms with Gasteiger partial charge in [0, 0.05) is 4.47 Å². The molecule has 2 aromatic carbocycles. The normalized spacial score (nSPS) is 15.0. The van der Waals surface area contributed by atoms with Gasteiger partial charge in [-0.25, -0.2) is 9.59 Å². The van der Waals surface area contributed by atoms with E-state index in [4.69, 9.17) is 9.15 Å². The fraction of sp³-hybridized carbons (Fsp3) is 0.0500. The van der Waals surface area contributed by atoms with Crippen LogP contribution in [0, 0.1) is 0 Å². The van der Waals surface area contributed by atoms with Crippen LogP contribution < -0.4 is 21.6 Å². The van der Waals surface area contributed by atoms with Crippen LogP contribution in [0.3, 0.4) is 0 Å². The first-order chi connectivity index (χ1) is 13.5. The Kier molecular flexibility index (Phi) is 3.63. The first-order valence-electron chi connectivity index (χ1n) is 8.38. The van der Waals surface area contributed by atoms with Gasteiger partial charge in [-0.2, -0.15) is 0 Å². The largest absolute Gasteiger partial charge is 0.439 e. The van der Waals surface area contributed by atoms with Gasteiger partial charge >= 0.3 is 11.3 Å². The molecule has 0 bridgehead atoms. The summed E-state index contributed by atoms with van der Waals surface area (Å²) in [6.45, 7) is 0. The van der Waals surface area contributed by atoms with E-state index in [9.17, 15) is 14.4 Å². The van der Waals surface area contributed by atoms with Crippen LogP contribution in [0.1, 0.15) is 22.6 Å². The van der Waals surface area contributed by atoms with Gasteiger partial charge in [-0.15, -0.1) is 0 Å². The van der Waals surface area contributed by atoms with Crippen LogP contribution in [0.4, 0.5) is 0 Å². The molecule has 0 spiro atoms. The van der Waals surface area contributed by atoms with Crippen molar-refractivity contribution >= 4 is 26.9 Å². The van der Waals surface area contributed by atoms with Gasteiger partial charge in [0.1, 0.15) is 5.58 Å². The molecule has 0 radical (unpaired) electrons. The molecule has 138 valence electrons. The van der Waals surface area contributed by atoms with Gasteiger partial charge in [0.2, 0.25) is 5.88 Å². The second-order valence-corrected chi connectivity index (χ2v) is 7.28. The Balaban J connectivity index is 1.93. The van der Waals surface area contributed by atoms with Gasteiger partial charge in [0.05, 0.1) is 22.4 Å². The third-order valence-electron chi connectivity index (χ3n) is 4.73. The van der Waals surface area contributed by atoms with E-state index in [1.54, 1.807) is 36.4 Å². The van der Waals surface area contributed by atoms with E-state index >= 15 is 0 Å². The molecule has 0 fully saturated rings. The number of aromatic amines is 2. The lowest BCUT2D eigenvalue weighted by Crippen LogP contribution is -2.32. The highest BCUT2D eigenvalue weighted by Gasteiger charge is 2.36. The topological polar surface area (TPSA) is 105 Å². The van der Waals surface area contributed by atoms with Crippen molar-refractivity contribution in [2.45, 2.75) is 5.92 Å². The van der Waals surface area contributed by atoms with Crippen molar-refractivity contribution in [1.29, 1.82) is 0 Å². The fourth-order valence-corrected chi connectivity index (χ4v) is 3.81. The van der Waals surface area contributed by atoms with E-state index < -0.39 is 22.8 Å². The van der Waals surface area contributed by atoms with Crippen LogP contribution in [0.15, 0.2) is 71.8 Å². The second-order valence-electron chi connectivity index (χ2n) is 6.37. The predicted molar refractivity (Wildman–Crippen MR) is 105 cm³/mol. The van der Waals surface area contributed by atoms with Crippen molar-refractivity contribution in [2.24, 2.45) is 0 Å². The van der Waals surface area contributed by atoms with Crippen LogP contribution in [0.2, 0.25) is 0 Å². The van der Waals surface area contributed by atoms with Crippen LogP contribution in [-0.2, 0) is 0 Å². The third-order valence-corrected chi connectivity index (χ3v) is 5.26. The smallest absolute Gasteiger partial charge is 0.344 e. The van der Waals surface area contributed by atoms with E-state index in [2.05, 4.69) is 25.9 Å². The average molecular weight is 439 g/mol. The summed E-state index contributed by atoms with van der Waals surface area (Å²) in [5.74, 6) is -0.466. The van der Waals surface area contributed by atoms with E-state index in [0.29, 0.717) is 16.5 Å². The highest BCUT2D eigenvalue weighted by Crippen LogP contribution is 2.45. The molecule has 1 aliphatic rings. The number of H-pyrrole nitrogens is 2. The Bertz CT molecular complexity index is 1420. The number of hydrogen-bond donors (Lipinski definition) is 2. The summed E-state index contributed by atoms with van der Waals surface area (Å²) < 4.78 is 12.2. The van der Waals surface area contributed by atoms with Gasteiger partial charge in [0.25, 0.3) is 5.56 Å². The SMILES string of the molecule is O=c1[nH]c2c(c(=O)[nH]1)C(c1ccc(Br)cc1)c1c(c3ccccc3oc1=O)O2. The van der Waals surface area contributed by atoms with Crippen LogP contribution >= 0.6 is 15.9 Å². The highest BCUT2D eigenvalue weighted by molar-refractivity contribution is 9.10. The van der Waals surface area contributed by atoms with Crippen LogP contribution in [-0.4, -0.2) is 9.97 Å². The number of aromatic nitrogens is 2. The minimum Gasteiger partial charge on any atom is -0.439 e. The standard InChI is InChI=1S/C20H11BrN2O5/c21-10-7-5-9(6-8-10)13-14-16(11-3-1-2-4-12(11)27-19(14)25)28-18-15(13)17(24)22-20(26)23-18/h1-8,13H,(H2,22,23,24,26). The molecule has 0 aliphatic carbocycles. The average Bonchev–Trinajstić information content (AvgIpc) is 2.67. The number of benzene rings is 2. The maximum atomic E-state index is 12.9. The zero-order chi connectivity index (χ0) is 19.4. The molecule has 1 atom stereocenters. The molecule has 0 saturated carbocycles. The molecule has 1 unspecified atom stereocenters. The monoisotopic (exact) mass is 438 g/mol. The van der Waals surface area contributed by atoms with Crippen LogP contribution in [0.5, 0.6) is 11.6 Å². The summed E-state index contributed by atoms with van der Waals surface area (Å²) in [5, 5.41) is 0.575. The van der Waals surface area contributed by atoms with Gasteiger partial charge in [-0.1, -0.05) is 40.2 Å². The van der Waals surface area contributed by atoms with Gasteiger partial charge < -0.3 is 9.15 Å². The first kappa shape index (κ1) is 16.8. The molecule has 4 aromatic rings. The summed E-state index contributed by atoms with van der Waals surface area (Å²) in [7, 11) is 0. The zero-order valence-electron chi connectivity index (χ0n) is 14.1. The number of para-hydroxylation sites is 1. The Hall–Kier alpha value is -3.39. The maximum absolute atomic E-state index is 12.9. The molecule has 3 heterocycles. The Morgan fingerprint density at radius 1 is 0.893 bits per heavy atom. The number of fused-ring (bicyclic) bond motifs is 4. The number of ether oxygens (including phenoxy) is 1. The molecular weight excluding hydrogens is 428 g/mol. The zero-order valence-corrected chi connectivity index (χ0v) is 15.7. The number of nitrogens with one attached hydrogen (secondary N) is 2. The minimum atomic E-state index is -0.756. The molecule has 7 nitrogen and oxygen atoms in total. The molecule has 0 amide bonds. The van der Waals surface area contributed by atoms with E-state index in [1.165, 1.54) is 0 Å². The minimum absolute atomic E-state index is 0.0184. The molecule has 8 heteroatoms. The summed E-state index contributed by atoms with van der Waals surface area (Å²) in [5.41, 5.74) is -0.495.